The zero-order valence-corrected chi connectivity index (χ0v) is 29.1. The van der Waals surface area contributed by atoms with Crippen molar-refractivity contribution in [1.82, 2.24) is 19.5 Å². The molecule has 6 nitrogen and oxygen atoms in total. The Labute approximate surface area is 310 Å². The van der Waals surface area contributed by atoms with Crippen molar-refractivity contribution in [2.45, 2.75) is 9.79 Å². The van der Waals surface area contributed by atoms with Gasteiger partial charge >= 0.3 is 0 Å². The van der Waals surface area contributed by atoms with Crippen LogP contribution in [-0.2, 0) is 0 Å². The third kappa shape index (κ3) is 5.24. The van der Waals surface area contributed by atoms with Gasteiger partial charge in [0, 0.05) is 42.9 Å². The number of hydrogen-bond donors (Lipinski definition) is 0. The summed E-state index contributed by atoms with van der Waals surface area (Å²) in [5.41, 5.74) is 9.31. The number of benzene rings is 7. The van der Waals surface area contributed by atoms with Crippen molar-refractivity contribution in [2.24, 2.45) is 0 Å². The van der Waals surface area contributed by atoms with Gasteiger partial charge < -0.3 is 9.47 Å². The van der Waals surface area contributed by atoms with Crippen molar-refractivity contribution in [3.05, 3.63) is 175 Å². The van der Waals surface area contributed by atoms with Crippen LogP contribution < -0.4 is 4.90 Å². The summed E-state index contributed by atoms with van der Waals surface area (Å²) in [6.07, 6.45) is 0. The highest BCUT2D eigenvalue weighted by Gasteiger charge is 2.27. The van der Waals surface area contributed by atoms with E-state index in [1.54, 1.807) is 11.8 Å². The van der Waals surface area contributed by atoms with Gasteiger partial charge in [0.2, 0.25) is 0 Å². The molecule has 53 heavy (non-hydrogen) atoms. The molecule has 9 aromatic rings. The average molecular weight is 697 g/mol. The number of nitrogens with zero attached hydrogens (tertiary/aromatic N) is 6. The Hall–Kier alpha value is -7.01. The molecule has 0 spiro atoms. The molecule has 0 unspecified atom stereocenters. The van der Waals surface area contributed by atoms with Crippen LogP contribution in [0.15, 0.2) is 180 Å². The minimum atomic E-state index is 0.508. The van der Waals surface area contributed by atoms with Gasteiger partial charge in [-0.1, -0.05) is 121 Å². The van der Waals surface area contributed by atoms with Crippen LogP contribution in [0.25, 0.3) is 61.7 Å². The molecule has 3 heterocycles. The molecule has 0 fully saturated rings. The summed E-state index contributed by atoms with van der Waals surface area (Å²) >= 11 is 1.78. The first-order valence-electron chi connectivity index (χ1n) is 17.3. The summed E-state index contributed by atoms with van der Waals surface area (Å²) < 4.78 is 2.22. The molecule has 1 aliphatic rings. The fourth-order valence-electron chi connectivity index (χ4n) is 7.23. The van der Waals surface area contributed by atoms with E-state index in [2.05, 4.69) is 107 Å². The van der Waals surface area contributed by atoms with Crippen LogP contribution in [0, 0.1) is 11.3 Å². The summed E-state index contributed by atoms with van der Waals surface area (Å²) in [5, 5.41) is 13.0. The van der Waals surface area contributed by atoms with Gasteiger partial charge in [-0.3, -0.25) is 0 Å². The number of hydrogen-bond acceptors (Lipinski definition) is 6. The maximum atomic E-state index is 10.7. The summed E-state index contributed by atoms with van der Waals surface area (Å²) in [6, 6.07) is 60.4. The quantitative estimate of drug-likeness (QED) is 0.178. The molecule has 248 valence electrons. The number of rotatable bonds is 5. The molecule has 10 rings (SSSR count). The maximum Gasteiger partial charge on any atom is 0.164 e. The molecule has 1 aliphatic heterocycles. The SMILES string of the molecule is N#Cc1cc(-c2nc(-c3ccccc3)nc(-c3ccccc3)n2)ccc1-n1c2ccccc2c2cc3c(cc21)Sc1ccccc1N3c1ccccc1. The van der Waals surface area contributed by atoms with Crippen LogP contribution >= 0.6 is 11.8 Å². The van der Waals surface area contributed by atoms with E-state index in [4.69, 9.17) is 15.0 Å². The first-order chi connectivity index (χ1) is 26.2. The molecule has 0 N–H and O–H groups in total. The van der Waals surface area contributed by atoms with Crippen molar-refractivity contribution in [1.29, 1.82) is 5.26 Å². The highest BCUT2D eigenvalue weighted by atomic mass is 32.2. The molecule has 0 saturated carbocycles. The molecule has 0 aliphatic carbocycles. The lowest BCUT2D eigenvalue weighted by Gasteiger charge is -2.33. The number of para-hydroxylation sites is 3. The predicted octanol–water partition coefficient (Wildman–Crippen LogP) is 11.8. The van der Waals surface area contributed by atoms with Crippen molar-refractivity contribution in [3.8, 4) is 45.9 Å². The van der Waals surface area contributed by atoms with Crippen molar-refractivity contribution < 1.29 is 0 Å². The van der Waals surface area contributed by atoms with E-state index in [1.165, 1.54) is 4.90 Å². The molecular weight excluding hydrogens is 669 g/mol. The zero-order valence-electron chi connectivity index (χ0n) is 28.3. The molecule has 2 aromatic heterocycles. The molecule has 0 amide bonds. The lowest BCUT2D eigenvalue weighted by Crippen LogP contribution is -2.14. The van der Waals surface area contributed by atoms with Gasteiger partial charge in [-0.05, 0) is 60.7 Å². The second-order valence-electron chi connectivity index (χ2n) is 12.8. The molecule has 7 aromatic carbocycles. The van der Waals surface area contributed by atoms with Gasteiger partial charge in [0.1, 0.15) is 6.07 Å². The molecule has 0 saturated heterocycles. The van der Waals surface area contributed by atoms with Gasteiger partial charge in [0.25, 0.3) is 0 Å². The van der Waals surface area contributed by atoms with Gasteiger partial charge in [0.05, 0.1) is 33.7 Å². The first kappa shape index (κ1) is 30.8. The van der Waals surface area contributed by atoms with Crippen molar-refractivity contribution in [2.75, 3.05) is 4.90 Å². The Balaban J connectivity index is 1.16. The third-order valence-corrected chi connectivity index (χ3v) is 10.8. The first-order valence-corrected chi connectivity index (χ1v) is 18.2. The summed E-state index contributed by atoms with van der Waals surface area (Å²) in [7, 11) is 0. The molecule has 7 heteroatoms. The molecule has 0 atom stereocenters. The summed E-state index contributed by atoms with van der Waals surface area (Å²) in [4.78, 5) is 19.4. The molecule has 0 radical (unpaired) electrons. The number of fused-ring (bicyclic) bond motifs is 5. The van der Waals surface area contributed by atoms with Gasteiger partial charge in [-0.25, -0.2) is 15.0 Å². The second-order valence-corrected chi connectivity index (χ2v) is 13.9. The zero-order chi connectivity index (χ0) is 35.3. The number of aromatic nitrogens is 4. The van der Waals surface area contributed by atoms with E-state index in [0.29, 0.717) is 23.0 Å². The highest BCUT2D eigenvalue weighted by Crippen LogP contribution is 2.53. The highest BCUT2D eigenvalue weighted by molar-refractivity contribution is 7.99. The minimum Gasteiger partial charge on any atom is -0.308 e. The van der Waals surface area contributed by atoms with Crippen LogP contribution in [0.5, 0.6) is 0 Å². The van der Waals surface area contributed by atoms with E-state index in [0.717, 1.165) is 66.1 Å². The minimum absolute atomic E-state index is 0.508. The Morgan fingerprint density at radius 1 is 0.453 bits per heavy atom. The lowest BCUT2D eigenvalue weighted by atomic mass is 10.1. The summed E-state index contributed by atoms with van der Waals surface area (Å²) in [6.45, 7) is 0. The average Bonchev–Trinajstić information content (AvgIpc) is 3.55. The Morgan fingerprint density at radius 2 is 1.06 bits per heavy atom. The van der Waals surface area contributed by atoms with Gasteiger partial charge in [-0.2, -0.15) is 5.26 Å². The second kappa shape index (κ2) is 12.6. The van der Waals surface area contributed by atoms with Crippen LogP contribution in [0.4, 0.5) is 17.1 Å². The Bertz CT molecular complexity index is 2820. The van der Waals surface area contributed by atoms with Crippen LogP contribution in [0.1, 0.15) is 5.56 Å². The monoisotopic (exact) mass is 696 g/mol. The normalized spacial score (nSPS) is 12.0. The fraction of sp³-hybridized carbons (Fsp3) is 0. The topological polar surface area (TPSA) is 70.6 Å². The Kier molecular flexibility index (Phi) is 7.34. The van der Waals surface area contributed by atoms with E-state index in [9.17, 15) is 5.26 Å². The fourth-order valence-corrected chi connectivity index (χ4v) is 8.30. The largest absolute Gasteiger partial charge is 0.308 e. The maximum absolute atomic E-state index is 10.7. The van der Waals surface area contributed by atoms with Gasteiger partial charge in [-0.15, -0.1) is 0 Å². The van der Waals surface area contributed by atoms with E-state index in [1.807, 2.05) is 78.9 Å². The third-order valence-electron chi connectivity index (χ3n) is 9.65. The number of nitriles is 1. The molecular formula is C46H28N6S. The van der Waals surface area contributed by atoms with E-state index < -0.39 is 0 Å². The Morgan fingerprint density at radius 3 is 1.75 bits per heavy atom. The van der Waals surface area contributed by atoms with Crippen LogP contribution in [-0.4, -0.2) is 19.5 Å². The smallest absolute Gasteiger partial charge is 0.164 e. The predicted molar refractivity (Wildman–Crippen MR) is 214 cm³/mol. The van der Waals surface area contributed by atoms with E-state index in [-0.39, 0.29) is 0 Å². The van der Waals surface area contributed by atoms with Crippen molar-refractivity contribution >= 4 is 50.6 Å². The van der Waals surface area contributed by atoms with Crippen LogP contribution in [0.2, 0.25) is 0 Å². The lowest BCUT2D eigenvalue weighted by molar-refractivity contribution is 1.07. The van der Waals surface area contributed by atoms with Gasteiger partial charge in [0.15, 0.2) is 17.5 Å². The molecule has 0 bridgehead atoms. The van der Waals surface area contributed by atoms with Crippen molar-refractivity contribution in [3.63, 3.8) is 0 Å². The van der Waals surface area contributed by atoms with E-state index >= 15 is 0 Å². The number of anilines is 3. The summed E-state index contributed by atoms with van der Waals surface area (Å²) in [5.74, 6) is 1.66. The standard InChI is InChI=1S/C46H28N6S/c47-29-33-26-32(46-49-44(30-14-4-1-5-15-30)48-45(50-46)31-16-6-2-7-17-31)24-25-37(33)52-38-21-11-10-20-35(38)36-27-41-43(28-40(36)52)53-42-23-13-12-22-39(42)51(41)34-18-8-3-9-19-34/h1-28H. The van der Waals surface area contributed by atoms with Crippen LogP contribution in [0.3, 0.4) is 0 Å².